The third-order valence-corrected chi connectivity index (χ3v) is 4.28. The van der Waals surface area contributed by atoms with Crippen LogP contribution < -0.4 is 0 Å². The Morgan fingerprint density at radius 1 is 1.45 bits per heavy atom. The van der Waals surface area contributed by atoms with Gasteiger partial charge in [0.25, 0.3) is 0 Å². The molecular formula is C7H13ClO2S. The maximum atomic E-state index is 10.9. The molecule has 0 aromatic carbocycles. The molecule has 11 heavy (non-hydrogen) atoms. The molecule has 66 valence electrons. The summed E-state index contributed by atoms with van der Waals surface area (Å²) in [5, 5.41) is -0.306. The van der Waals surface area contributed by atoms with E-state index < -0.39 is 9.05 Å². The zero-order valence-corrected chi connectivity index (χ0v) is 8.37. The summed E-state index contributed by atoms with van der Waals surface area (Å²) in [4.78, 5) is 0. The van der Waals surface area contributed by atoms with E-state index in [1.165, 1.54) is 0 Å². The molecule has 0 N–H and O–H groups in total. The Morgan fingerprint density at radius 2 is 2.00 bits per heavy atom. The molecule has 1 aliphatic carbocycles. The lowest BCUT2D eigenvalue weighted by Gasteiger charge is -2.15. The molecule has 0 bridgehead atoms. The fourth-order valence-corrected chi connectivity index (χ4v) is 3.12. The highest BCUT2D eigenvalue weighted by Crippen LogP contribution is 2.40. The van der Waals surface area contributed by atoms with Gasteiger partial charge in [0.1, 0.15) is 0 Å². The van der Waals surface area contributed by atoms with Crippen molar-refractivity contribution in [2.45, 2.75) is 38.4 Å². The normalized spacial score (nSPS) is 30.6. The maximum Gasteiger partial charge on any atom is 0.235 e. The highest BCUT2D eigenvalue weighted by Gasteiger charge is 2.37. The van der Waals surface area contributed by atoms with Gasteiger partial charge in [0.15, 0.2) is 0 Å². The van der Waals surface area contributed by atoms with E-state index in [4.69, 9.17) is 10.7 Å². The molecule has 1 atom stereocenters. The van der Waals surface area contributed by atoms with E-state index in [2.05, 4.69) is 13.8 Å². The summed E-state index contributed by atoms with van der Waals surface area (Å²) in [5.41, 5.74) is 0.159. The van der Waals surface area contributed by atoms with Crippen LogP contribution in [0.15, 0.2) is 0 Å². The molecule has 0 aromatic rings. The van der Waals surface area contributed by atoms with Gasteiger partial charge in [0, 0.05) is 10.7 Å². The second kappa shape index (κ2) is 2.63. The first-order chi connectivity index (χ1) is 4.81. The van der Waals surface area contributed by atoms with Crippen molar-refractivity contribution >= 4 is 19.7 Å². The summed E-state index contributed by atoms with van der Waals surface area (Å²) in [6, 6.07) is 0. The number of rotatable bonds is 1. The van der Waals surface area contributed by atoms with E-state index in [9.17, 15) is 8.42 Å². The van der Waals surface area contributed by atoms with E-state index in [1.807, 2.05) is 0 Å². The van der Waals surface area contributed by atoms with Crippen molar-refractivity contribution < 1.29 is 8.42 Å². The SMILES string of the molecule is CC1(C)CCC(S(=O)(=O)Cl)C1. The summed E-state index contributed by atoms with van der Waals surface area (Å²) in [7, 11) is 1.94. The van der Waals surface area contributed by atoms with E-state index in [-0.39, 0.29) is 10.7 Å². The molecule has 0 saturated heterocycles. The highest BCUT2D eigenvalue weighted by molar-refractivity contribution is 8.14. The molecule has 1 fully saturated rings. The lowest BCUT2D eigenvalue weighted by molar-refractivity contribution is 0.382. The molecular weight excluding hydrogens is 184 g/mol. The van der Waals surface area contributed by atoms with Crippen LogP contribution in [0.3, 0.4) is 0 Å². The van der Waals surface area contributed by atoms with Gasteiger partial charge in [-0.2, -0.15) is 0 Å². The van der Waals surface area contributed by atoms with Crippen LogP contribution in [0.1, 0.15) is 33.1 Å². The first-order valence-corrected chi connectivity index (χ1v) is 6.12. The summed E-state index contributed by atoms with van der Waals surface area (Å²) >= 11 is 0. The standard InChI is InChI=1S/C7H13ClO2S/c1-7(2)4-3-6(5-7)11(8,9)10/h6H,3-5H2,1-2H3. The van der Waals surface area contributed by atoms with Crippen LogP contribution in [0.25, 0.3) is 0 Å². The Bertz CT molecular complexity index is 243. The second-order valence-electron chi connectivity index (χ2n) is 4.00. The van der Waals surface area contributed by atoms with E-state index in [1.54, 1.807) is 0 Å². The average Bonchev–Trinajstić information content (AvgIpc) is 2.07. The van der Waals surface area contributed by atoms with Crippen molar-refractivity contribution in [3.05, 3.63) is 0 Å². The Balaban J connectivity index is 2.71. The van der Waals surface area contributed by atoms with E-state index in [0.717, 1.165) is 12.8 Å². The highest BCUT2D eigenvalue weighted by atomic mass is 35.7. The molecule has 0 aliphatic heterocycles. The minimum atomic E-state index is -3.30. The maximum absolute atomic E-state index is 10.9. The summed E-state index contributed by atoms with van der Waals surface area (Å²) in [6.45, 7) is 4.16. The number of hydrogen-bond acceptors (Lipinski definition) is 2. The van der Waals surface area contributed by atoms with Crippen LogP contribution in [-0.4, -0.2) is 13.7 Å². The van der Waals surface area contributed by atoms with Crippen molar-refractivity contribution in [3.63, 3.8) is 0 Å². The van der Waals surface area contributed by atoms with Crippen LogP contribution in [-0.2, 0) is 9.05 Å². The fraction of sp³-hybridized carbons (Fsp3) is 1.00. The average molecular weight is 197 g/mol. The van der Waals surface area contributed by atoms with Crippen molar-refractivity contribution in [1.82, 2.24) is 0 Å². The smallest absolute Gasteiger partial charge is 0.212 e. The summed E-state index contributed by atoms with van der Waals surface area (Å²) in [5.74, 6) is 0. The molecule has 1 saturated carbocycles. The first kappa shape index (κ1) is 9.33. The van der Waals surface area contributed by atoms with Crippen LogP contribution >= 0.6 is 10.7 Å². The summed E-state index contributed by atoms with van der Waals surface area (Å²) < 4.78 is 21.8. The van der Waals surface area contributed by atoms with Gasteiger partial charge in [0.2, 0.25) is 9.05 Å². The monoisotopic (exact) mass is 196 g/mol. The lowest BCUT2D eigenvalue weighted by atomic mass is 9.92. The lowest BCUT2D eigenvalue weighted by Crippen LogP contribution is -2.14. The Hall–Kier alpha value is 0.240. The van der Waals surface area contributed by atoms with Crippen molar-refractivity contribution in [1.29, 1.82) is 0 Å². The molecule has 1 rings (SSSR count). The molecule has 2 nitrogen and oxygen atoms in total. The van der Waals surface area contributed by atoms with Gasteiger partial charge in [0.05, 0.1) is 5.25 Å². The zero-order chi connectivity index (χ0) is 8.70. The van der Waals surface area contributed by atoms with Gasteiger partial charge in [-0.15, -0.1) is 0 Å². The second-order valence-corrected chi connectivity index (χ2v) is 6.91. The Morgan fingerprint density at radius 3 is 2.18 bits per heavy atom. The summed E-state index contributed by atoms with van der Waals surface area (Å²) in [6.07, 6.45) is 2.39. The minimum absolute atomic E-state index is 0.159. The Labute approximate surface area is 72.4 Å². The van der Waals surface area contributed by atoms with Crippen LogP contribution in [0.5, 0.6) is 0 Å². The quantitative estimate of drug-likeness (QED) is 0.603. The molecule has 1 unspecified atom stereocenters. The van der Waals surface area contributed by atoms with Crippen LogP contribution in [0.2, 0.25) is 0 Å². The van der Waals surface area contributed by atoms with Gasteiger partial charge >= 0.3 is 0 Å². The Kier molecular flexibility index (Phi) is 2.23. The molecule has 0 aromatic heterocycles. The largest absolute Gasteiger partial charge is 0.235 e. The van der Waals surface area contributed by atoms with Gasteiger partial charge in [-0.3, -0.25) is 0 Å². The van der Waals surface area contributed by atoms with Gasteiger partial charge in [-0.25, -0.2) is 8.42 Å². The minimum Gasteiger partial charge on any atom is -0.212 e. The van der Waals surface area contributed by atoms with Crippen LogP contribution in [0.4, 0.5) is 0 Å². The van der Waals surface area contributed by atoms with Crippen molar-refractivity contribution in [3.8, 4) is 0 Å². The van der Waals surface area contributed by atoms with Crippen molar-refractivity contribution in [2.75, 3.05) is 0 Å². The molecule has 0 heterocycles. The van der Waals surface area contributed by atoms with Crippen LogP contribution in [0, 0.1) is 5.41 Å². The molecule has 0 amide bonds. The number of halogens is 1. The third kappa shape index (κ3) is 2.34. The topological polar surface area (TPSA) is 34.1 Å². The molecule has 0 spiro atoms. The molecule has 0 radical (unpaired) electrons. The number of hydrogen-bond donors (Lipinski definition) is 0. The van der Waals surface area contributed by atoms with E-state index >= 15 is 0 Å². The van der Waals surface area contributed by atoms with E-state index in [0.29, 0.717) is 6.42 Å². The first-order valence-electron chi connectivity index (χ1n) is 3.75. The van der Waals surface area contributed by atoms with Gasteiger partial charge in [-0.05, 0) is 24.7 Å². The molecule has 1 aliphatic rings. The van der Waals surface area contributed by atoms with Gasteiger partial charge < -0.3 is 0 Å². The predicted molar refractivity (Wildman–Crippen MR) is 46.2 cm³/mol. The predicted octanol–water partition coefficient (Wildman–Crippen LogP) is 2.13. The zero-order valence-electron chi connectivity index (χ0n) is 6.80. The fourth-order valence-electron chi connectivity index (χ4n) is 1.61. The van der Waals surface area contributed by atoms with Crippen molar-refractivity contribution in [2.24, 2.45) is 5.41 Å². The third-order valence-electron chi connectivity index (χ3n) is 2.32. The van der Waals surface area contributed by atoms with Gasteiger partial charge in [-0.1, -0.05) is 13.8 Å². The molecule has 4 heteroatoms.